The van der Waals surface area contributed by atoms with E-state index >= 15 is 0 Å². The zero-order valence-electron chi connectivity index (χ0n) is 13.2. The molecule has 1 aromatic carbocycles. The van der Waals surface area contributed by atoms with Crippen molar-refractivity contribution in [3.8, 4) is 0 Å². The second kappa shape index (κ2) is 6.79. The molecule has 0 unspecified atom stereocenters. The summed E-state index contributed by atoms with van der Waals surface area (Å²) in [5.41, 5.74) is 0.734. The summed E-state index contributed by atoms with van der Waals surface area (Å²) < 4.78 is 10.4. The van der Waals surface area contributed by atoms with Crippen molar-refractivity contribution < 1.29 is 19.1 Å². The molecule has 0 saturated carbocycles. The number of nitrogens with one attached hydrogen (secondary N) is 1. The number of hydrogen-bond acceptors (Lipinski definition) is 4. The highest BCUT2D eigenvalue weighted by atomic mass is 16.5. The van der Waals surface area contributed by atoms with Crippen LogP contribution in [-0.2, 0) is 9.47 Å². The molecule has 2 amide bonds. The summed E-state index contributed by atoms with van der Waals surface area (Å²) in [6.07, 6.45) is -0.528. The summed E-state index contributed by atoms with van der Waals surface area (Å²) >= 11 is 0. The molecule has 0 spiro atoms. The first-order valence-electron chi connectivity index (χ1n) is 7.38. The van der Waals surface area contributed by atoms with Gasteiger partial charge in [0.1, 0.15) is 0 Å². The van der Waals surface area contributed by atoms with Crippen LogP contribution in [0.5, 0.6) is 0 Å². The molecule has 0 radical (unpaired) electrons. The van der Waals surface area contributed by atoms with Crippen LogP contribution in [0, 0.1) is 0 Å². The van der Waals surface area contributed by atoms with E-state index in [1.807, 2.05) is 13.8 Å². The third kappa shape index (κ3) is 4.21. The Balaban J connectivity index is 2.08. The second-order valence-electron chi connectivity index (χ2n) is 5.76. The standard InChI is InChI=1S/C16H22N2O4/c1-4-21-15(20)17-13-7-5-6-12(10-13)14(19)18-8-9-22-16(2,3)11-18/h5-7,10H,4,8-9,11H2,1-3H3,(H,17,20). The average molecular weight is 306 g/mol. The minimum absolute atomic E-state index is 0.0658. The number of hydrogen-bond donors (Lipinski definition) is 1. The molecule has 1 aliphatic rings. The number of morpholine rings is 1. The number of carbonyl (C=O) groups is 2. The van der Waals surface area contributed by atoms with E-state index in [1.54, 1.807) is 36.1 Å². The summed E-state index contributed by atoms with van der Waals surface area (Å²) in [7, 11) is 0. The highest BCUT2D eigenvalue weighted by Gasteiger charge is 2.30. The van der Waals surface area contributed by atoms with Gasteiger partial charge in [-0.25, -0.2) is 4.79 Å². The largest absolute Gasteiger partial charge is 0.450 e. The van der Waals surface area contributed by atoms with E-state index < -0.39 is 6.09 Å². The molecule has 0 aromatic heterocycles. The van der Waals surface area contributed by atoms with Crippen molar-refractivity contribution in [1.29, 1.82) is 0 Å². The monoisotopic (exact) mass is 306 g/mol. The van der Waals surface area contributed by atoms with Gasteiger partial charge in [-0.2, -0.15) is 0 Å². The SMILES string of the molecule is CCOC(=O)Nc1cccc(C(=O)N2CCOC(C)(C)C2)c1. The number of ether oxygens (including phenoxy) is 2. The van der Waals surface area contributed by atoms with Gasteiger partial charge >= 0.3 is 6.09 Å². The number of nitrogens with zero attached hydrogens (tertiary/aromatic N) is 1. The lowest BCUT2D eigenvalue weighted by molar-refractivity contribution is -0.0764. The van der Waals surface area contributed by atoms with E-state index in [0.29, 0.717) is 37.6 Å². The molecule has 1 heterocycles. The van der Waals surface area contributed by atoms with E-state index in [2.05, 4.69) is 5.32 Å². The number of anilines is 1. The Morgan fingerprint density at radius 3 is 2.86 bits per heavy atom. The Labute approximate surface area is 130 Å². The van der Waals surface area contributed by atoms with Crippen LogP contribution in [0.2, 0.25) is 0 Å². The smallest absolute Gasteiger partial charge is 0.411 e. The number of rotatable bonds is 3. The molecule has 1 saturated heterocycles. The Morgan fingerprint density at radius 1 is 1.41 bits per heavy atom. The number of amides is 2. The van der Waals surface area contributed by atoms with Gasteiger partial charge in [-0.15, -0.1) is 0 Å². The van der Waals surface area contributed by atoms with Crippen LogP contribution in [0.25, 0.3) is 0 Å². The van der Waals surface area contributed by atoms with Gasteiger partial charge in [-0.1, -0.05) is 6.07 Å². The van der Waals surface area contributed by atoms with Gasteiger partial charge in [0, 0.05) is 24.3 Å². The number of benzene rings is 1. The average Bonchev–Trinajstić information content (AvgIpc) is 2.46. The fourth-order valence-electron chi connectivity index (χ4n) is 2.39. The molecule has 1 fully saturated rings. The van der Waals surface area contributed by atoms with E-state index in [-0.39, 0.29) is 11.5 Å². The van der Waals surface area contributed by atoms with Gasteiger partial charge < -0.3 is 14.4 Å². The van der Waals surface area contributed by atoms with E-state index in [1.165, 1.54) is 0 Å². The Bertz CT molecular complexity index is 557. The van der Waals surface area contributed by atoms with E-state index in [0.717, 1.165) is 0 Å². The fourth-order valence-corrected chi connectivity index (χ4v) is 2.39. The molecular weight excluding hydrogens is 284 g/mol. The molecule has 0 atom stereocenters. The molecule has 2 rings (SSSR count). The predicted octanol–water partition coefficient (Wildman–Crippen LogP) is 2.51. The first-order valence-corrected chi connectivity index (χ1v) is 7.38. The zero-order valence-corrected chi connectivity index (χ0v) is 13.2. The molecule has 0 aliphatic carbocycles. The molecule has 22 heavy (non-hydrogen) atoms. The molecule has 1 N–H and O–H groups in total. The molecule has 1 aliphatic heterocycles. The van der Waals surface area contributed by atoms with Gasteiger partial charge in [-0.3, -0.25) is 10.1 Å². The maximum Gasteiger partial charge on any atom is 0.411 e. The molecular formula is C16H22N2O4. The maximum atomic E-state index is 12.6. The Morgan fingerprint density at radius 2 is 2.18 bits per heavy atom. The van der Waals surface area contributed by atoms with Crippen molar-refractivity contribution in [2.24, 2.45) is 0 Å². The number of carbonyl (C=O) groups excluding carboxylic acids is 2. The summed E-state index contributed by atoms with van der Waals surface area (Å²) in [5.74, 6) is -0.0658. The van der Waals surface area contributed by atoms with Gasteiger partial charge in [0.15, 0.2) is 0 Å². The molecule has 6 nitrogen and oxygen atoms in total. The summed E-state index contributed by atoms with van der Waals surface area (Å²) in [6.45, 7) is 7.60. The summed E-state index contributed by atoms with van der Waals surface area (Å²) in [4.78, 5) is 25.8. The van der Waals surface area contributed by atoms with Gasteiger partial charge in [0.05, 0.1) is 18.8 Å². The van der Waals surface area contributed by atoms with Crippen molar-refractivity contribution >= 4 is 17.7 Å². The second-order valence-corrected chi connectivity index (χ2v) is 5.76. The summed E-state index contributed by atoms with van der Waals surface area (Å²) in [6, 6.07) is 6.85. The third-order valence-corrected chi connectivity index (χ3v) is 3.34. The van der Waals surface area contributed by atoms with Crippen molar-refractivity contribution in [1.82, 2.24) is 4.90 Å². The Hall–Kier alpha value is -2.08. The predicted molar refractivity (Wildman–Crippen MR) is 83.0 cm³/mol. The normalized spacial score (nSPS) is 17.0. The topological polar surface area (TPSA) is 67.9 Å². The first kappa shape index (κ1) is 16.3. The molecule has 120 valence electrons. The highest BCUT2D eigenvalue weighted by molar-refractivity contribution is 5.96. The molecule has 1 aromatic rings. The Kier molecular flexibility index (Phi) is 5.03. The van der Waals surface area contributed by atoms with Gasteiger partial charge in [0.2, 0.25) is 0 Å². The minimum Gasteiger partial charge on any atom is -0.450 e. The van der Waals surface area contributed by atoms with Gasteiger partial charge in [-0.05, 0) is 39.0 Å². The highest BCUT2D eigenvalue weighted by Crippen LogP contribution is 2.20. The minimum atomic E-state index is -0.528. The van der Waals surface area contributed by atoms with Crippen molar-refractivity contribution in [2.45, 2.75) is 26.4 Å². The van der Waals surface area contributed by atoms with E-state index in [9.17, 15) is 9.59 Å². The van der Waals surface area contributed by atoms with Crippen molar-refractivity contribution in [3.05, 3.63) is 29.8 Å². The van der Waals surface area contributed by atoms with E-state index in [4.69, 9.17) is 9.47 Å². The van der Waals surface area contributed by atoms with Crippen LogP contribution in [0.15, 0.2) is 24.3 Å². The van der Waals surface area contributed by atoms with Crippen LogP contribution in [0.4, 0.5) is 10.5 Å². The first-order chi connectivity index (χ1) is 10.4. The quantitative estimate of drug-likeness (QED) is 0.931. The maximum absolute atomic E-state index is 12.6. The zero-order chi connectivity index (χ0) is 16.2. The van der Waals surface area contributed by atoms with Crippen molar-refractivity contribution in [3.63, 3.8) is 0 Å². The van der Waals surface area contributed by atoms with Crippen molar-refractivity contribution in [2.75, 3.05) is 31.6 Å². The third-order valence-electron chi connectivity index (χ3n) is 3.34. The van der Waals surface area contributed by atoms with Crippen LogP contribution in [0.1, 0.15) is 31.1 Å². The van der Waals surface area contributed by atoms with Crippen LogP contribution in [-0.4, -0.2) is 48.8 Å². The van der Waals surface area contributed by atoms with Crippen LogP contribution < -0.4 is 5.32 Å². The molecule has 0 bridgehead atoms. The van der Waals surface area contributed by atoms with Crippen LogP contribution >= 0.6 is 0 Å². The lowest BCUT2D eigenvalue weighted by Gasteiger charge is -2.38. The summed E-state index contributed by atoms with van der Waals surface area (Å²) in [5, 5.41) is 2.60. The van der Waals surface area contributed by atoms with Crippen LogP contribution in [0.3, 0.4) is 0 Å². The lowest BCUT2D eigenvalue weighted by atomic mass is 10.1. The molecule has 6 heteroatoms. The van der Waals surface area contributed by atoms with Gasteiger partial charge in [0.25, 0.3) is 5.91 Å². The fraction of sp³-hybridized carbons (Fsp3) is 0.500. The lowest BCUT2D eigenvalue weighted by Crippen LogP contribution is -2.50.